The Bertz CT molecular complexity index is 905. The van der Waals surface area contributed by atoms with Crippen LogP contribution < -0.4 is 4.74 Å². The van der Waals surface area contributed by atoms with Crippen LogP contribution in [-0.2, 0) is 6.42 Å². The van der Waals surface area contributed by atoms with Crippen LogP contribution in [0, 0.1) is 0 Å². The van der Waals surface area contributed by atoms with Crippen molar-refractivity contribution in [2.45, 2.75) is 25.9 Å². The summed E-state index contributed by atoms with van der Waals surface area (Å²) in [5.41, 5.74) is 1.79. The van der Waals surface area contributed by atoms with Crippen LogP contribution in [-0.4, -0.2) is 23.6 Å². The molecule has 3 nitrogen and oxygen atoms in total. The fourth-order valence-electron chi connectivity index (χ4n) is 2.88. The molecule has 0 saturated heterocycles. The molecule has 0 spiro atoms. The van der Waals surface area contributed by atoms with Gasteiger partial charge in [0, 0.05) is 16.9 Å². The van der Waals surface area contributed by atoms with Crippen LogP contribution >= 0.6 is 11.3 Å². The first kappa shape index (κ1) is 18.4. The first-order valence-corrected chi connectivity index (χ1v) is 9.28. The van der Waals surface area contributed by atoms with E-state index in [0.29, 0.717) is 22.6 Å². The minimum Gasteiger partial charge on any atom is -0.497 e. The maximum absolute atomic E-state index is 13.0. The van der Waals surface area contributed by atoms with Crippen molar-refractivity contribution in [2.75, 3.05) is 7.11 Å². The fourth-order valence-corrected chi connectivity index (χ4v) is 4.03. The second-order valence-corrected chi connectivity index (χ2v) is 7.93. The SMILES string of the molecule is COc1cccc(C(=O)c2cc(CC(C)(C)O)c(-c3ccccc3)s2)c1. The van der Waals surface area contributed by atoms with Gasteiger partial charge in [-0.25, -0.2) is 0 Å². The number of hydrogen-bond acceptors (Lipinski definition) is 4. The summed E-state index contributed by atoms with van der Waals surface area (Å²) in [6, 6.07) is 19.1. The van der Waals surface area contributed by atoms with E-state index in [9.17, 15) is 9.90 Å². The molecule has 0 aliphatic carbocycles. The summed E-state index contributed by atoms with van der Waals surface area (Å²) < 4.78 is 5.22. The monoisotopic (exact) mass is 366 g/mol. The van der Waals surface area contributed by atoms with Gasteiger partial charge in [0.15, 0.2) is 0 Å². The Balaban J connectivity index is 2.04. The topological polar surface area (TPSA) is 46.5 Å². The third kappa shape index (κ3) is 4.21. The van der Waals surface area contributed by atoms with Gasteiger partial charge in [-0.15, -0.1) is 11.3 Å². The van der Waals surface area contributed by atoms with E-state index in [1.54, 1.807) is 33.1 Å². The second kappa shape index (κ2) is 7.44. The van der Waals surface area contributed by atoms with Crippen LogP contribution in [0.1, 0.15) is 34.6 Å². The first-order chi connectivity index (χ1) is 12.4. The molecule has 0 aliphatic rings. The number of carbonyl (C=O) groups excluding carboxylic acids is 1. The van der Waals surface area contributed by atoms with Crippen LogP contribution in [0.15, 0.2) is 60.7 Å². The smallest absolute Gasteiger partial charge is 0.203 e. The highest BCUT2D eigenvalue weighted by Gasteiger charge is 2.22. The van der Waals surface area contributed by atoms with Gasteiger partial charge >= 0.3 is 0 Å². The Morgan fingerprint density at radius 3 is 2.46 bits per heavy atom. The predicted molar refractivity (Wildman–Crippen MR) is 106 cm³/mol. The summed E-state index contributed by atoms with van der Waals surface area (Å²) in [7, 11) is 1.59. The molecule has 134 valence electrons. The number of benzene rings is 2. The fraction of sp³-hybridized carbons (Fsp3) is 0.227. The van der Waals surface area contributed by atoms with Gasteiger partial charge in [-0.2, -0.15) is 0 Å². The molecule has 0 radical (unpaired) electrons. The van der Waals surface area contributed by atoms with Gasteiger partial charge in [0.1, 0.15) is 5.75 Å². The van der Waals surface area contributed by atoms with Crippen molar-refractivity contribution >= 4 is 17.1 Å². The average Bonchev–Trinajstić information content (AvgIpc) is 3.03. The standard InChI is InChI=1S/C22H22O3S/c1-22(2,24)14-17-13-19(26-21(17)15-8-5-4-6-9-15)20(23)16-10-7-11-18(12-16)25-3/h4-13,24H,14H2,1-3H3. The van der Waals surface area contributed by atoms with E-state index in [-0.39, 0.29) is 5.78 Å². The number of ketones is 1. The summed E-state index contributed by atoms with van der Waals surface area (Å²) in [5.74, 6) is 0.625. The molecule has 0 aliphatic heterocycles. The van der Waals surface area contributed by atoms with Gasteiger partial charge in [0.2, 0.25) is 5.78 Å². The Hall–Kier alpha value is -2.43. The van der Waals surface area contributed by atoms with Crippen LogP contribution in [0.2, 0.25) is 0 Å². The van der Waals surface area contributed by atoms with E-state index in [1.165, 1.54) is 11.3 Å². The number of methoxy groups -OCH3 is 1. The summed E-state index contributed by atoms with van der Waals surface area (Å²) in [4.78, 5) is 14.7. The lowest BCUT2D eigenvalue weighted by Crippen LogP contribution is -2.21. The van der Waals surface area contributed by atoms with Crippen molar-refractivity contribution in [3.05, 3.63) is 76.7 Å². The van der Waals surface area contributed by atoms with Crippen molar-refractivity contribution in [3.8, 4) is 16.2 Å². The molecule has 1 aromatic heterocycles. The summed E-state index contributed by atoms with van der Waals surface area (Å²) in [5, 5.41) is 10.3. The molecule has 0 fully saturated rings. The number of thiophene rings is 1. The molecule has 0 amide bonds. The van der Waals surface area contributed by atoms with Crippen molar-refractivity contribution < 1.29 is 14.6 Å². The molecule has 2 aromatic carbocycles. The second-order valence-electron chi connectivity index (χ2n) is 6.88. The summed E-state index contributed by atoms with van der Waals surface area (Å²) >= 11 is 1.47. The average molecular weight is 366 g/mol. The van der Waals surface area contributed by atoms with E-state index in [2.05, 4.69) is 0 Å². The van der Waals surface area contributed by atoms with Gasteiger partial charge in [0.05, 0.1) is 17.6 Å². The molecule has 26 heavy (non-hydrogen) atoms. The van der Waals surface area contributed by atoms with E-state index >= 15 is 0 Å². The van der Waals surface area contributed by atoms with Crippen molar-refractivity contribution in [1.82, 2.24) is 0 Å². The first-order valence-electron chi connectivity index (χ1n) is 8.46. The minimum atomic E-state index is -0.846. The number of carbonyl (C=O) groups is 1. The van der Waals surface area contributed by atoms with E-state index < -0.39 is 5.60 Å². The maximum atomic E-state index is 13.0. The predicted octanol–water partition coefficient (Wildman–Crippen LogP) is 4.97. The molecule has 0 bridgehead atoms. The van der Waals surface area contributed by atoms with Gasteiger partial charge in [-0.3, -0.25) is 4.79 Å². The lowest BCUT2D eigenvalue weighted by molar-refractivity contribution is 0.0811. The molecule has 0 saturated carbocycles. The third-order valence-corrected chi connectivity index (χ3v) is 5.25. The quantitative estimate of drug-likeness (QED) is 0.627. The highest BCUT2D eigenvalue weighted by Crippen LogP contribution is 2.36. The molecular formula is C22H22O3S. The number of hydrogen-bond donors (Lipinski definition) is 1. The lowest BCUT2D eigenvalue weighted by Gasteiger charge is -2.17. The Morgan fingerprint density at radius 2 is 1.81 bits per heavy atom. The molecule has 0 atom stereocenters. The zero-order valence-corrected chi connectivity index (χ0v) is 16.0. The lowest BCUT2D eigenvalue weighted by atomic mass is 9.96. The molecule has 1 heterocycles. The van der Waals surface area contributed by atoms with E-state index in [1.807, 2.05) is 48.5 Å². The van der Waals surface area contributed by atoms with Crippen LogP contribution in [0.5, 0.6) is 5.75 Å². The Labute approximate surface area is 157 Å². The normalized spacial score (nSPS) is 11.4. The van der Waals surface area contributed by atoms with Crippen molar-refractivity contribution in [1.29, 1.82) is 0 Å². The largest absolute Gasteiger partial charge is 0.497 e. The molecule has 4 heteroatoms. The number of rotatable bonds is 6. The van der Waals surface area contributed by atoms with Crippen molar-refractivity contribution in [3.63, 3.8) is 0 Å². The number of aliphatic hydroxyl groups is 1. The third-order valence-electron chi connectivity index (χ3n) is 4.02. The number of ether oxygens (including phenoxy) is 1. The van der Waals surface area contributed by atoms with Crippen LogP contribution in [0.25, 0.3) is 10.4 Å². The molecule has 0 unspecified atom stereocenters. The Morgan fingerprint density at radius 1 is 1.08 bits per heavy atom. The Kier molecular flexibility index (Phi) is 5.25. The van der Waals surface area contributed by atoms with Gasteiger partial charge in [-0.05, 0) is 43.2 Å². The van der Waals surface area contributed by atoms with Crippen LogP contribution in [0.4, 0.5) is 0 Å². The van der Waals surface area contributed by atoms with E-state index in [0.717, 1.165) is 16.0 Å². The molecule has 1 N–H and O–H groups in total. The highest BCUT2D eigenvalue weighted by atomic mass is 32.1. The summed E-state index contributed by atoms with van der Waals surface area (Å²) in [6.45, 7) is 3.56. The van der Waals surface area contributed by atoms with Gasteiger partial charge in [0.25, 0.3) is 0 Å². The van der Waals surface area contributed by atoms with Crippen LogP contribution in [0.3, 0.4) is 0 Å². The zero-order valence-electron chi connectivity index (χ0n) is 15.2. The molecule has 3 aromatic rings. The maximum Gasteiger partial charge on any atom is 0.203 e. The highest BCUT2D eigenvalue weighted by molar-refractivity contribution is 7.17. The minimum absolute atomic E-state index is 0.0342. The van der Waals surface area contributed by atoms with E-state index in [4.69, 9.17) is 4.74 Å². The van der Waals surface area contributed by atoms with Crippen molar-refractivity contribution in [2.24, 2.45) is 0 Å². The molecule has 3 rings (SSSR count). The summed E-state index contributed by atoms with van der Waals surface area (Å²) in [6.07, 6.45) is 0.485. The molecular weight excluding hydrogens is 344 g/mol. The van der Waals surface area contributed by atoms with Gasteiger partial charge < -0.3 is 9.84 Å². The zero-order chi connectivity index (χ0) is 18.7. The van der Waals surface area contributed by atoms with Gasteiger partial charge in [-0.1, -0.05) is 42.5 Å².